The van der Waals surface area contributed by atoms with Gasteiger partial charge in [-0.1, -0.05) is 12.1 Å². The van der Waals surface area contributed by atoms with E-state index in [2.05, 4.69) is 6.07 Å². The Morgan fingerprint density at radius 2 is 1.88 bits per heavy atom. The van der Waals surface area contributed by atoms with Crippen LogP contribution in [0, 0.1) is 11.9 Å². The molecule has 165 valence electrons. The number of halogens is 4. The number of carbonyl (C=O) groups is 1. The number of nitrogens with two attached hydrogens (primary N) is 1. The maximum Gasteiger partial charge on any atom is 0.416 e. The zero-order valence-electron chi connectivity index (χ0n) is 16.9. The van der Waals surface area contributed by atoms with Gasteiger partial charge in [0, 0.05) is 27.8 Å². The number of nitrogens with zero attached hydrogens (tertiary/aromatic N) is 1. The molecular weight excluding hydrogens is 452 g/mol. The molecule has 33 heavy (non-hydrogen) atoms. The molecule has 8 heteroatoms. The third-order valence-corrected chi connectivity index (χ3v) is 6.41. The molecule has 0 unspecified atom stereocenters. The fraction of sp³-hybridized carbons (Fsp3) is 0.0800. The maximum absolute atomic E-state index is 14.1. The van der Waals surface area contributed by atoms with E-state index >= 15 is 0 Å². The molecule has 5 aromatic rings. The number of amides is 1. The van der Waals surface area contributed by atoms with Gasteiger partial charge in [0.1, 0.15) is 5.82 Å². The normalized spacial score (nSPS) is 12.0. The van der Waals surface area contributed by atoms with Crippen molar-refractivity contribution in [3.05, 3.63) is 94.6 Å². The summed E-state index contributed by atoms with van der Waals surface area (Å²) >= 11 is 1.54. The van der Waals surface area contributed by atoms with Gasteiger partial charge in [0.25, 0.3) is 0 Å². The third-order valence-electron chi connectivity index (χ3n) is 5.49. The van der Waals surface area contributed by atoms with E-state index in [0.29, 0.717) is 27.9 Å². The van der Waals surface area contributed by atoms with Crippen molar-refractivity contribution in [2.24, 2.45) is 5.73 Å². The van der Waals surface area contributed by atoms with Gasteiger partial charge in [0.2, 0.25) is 5.91 Å². The van der Waals surface area contributed by atoms with Gasteiger partial charge in [-0.2, -0.15) is 13.2 Å². The lowest BCUT2D eigenvalue weighted by atomic mass is 10.0. The number of thiophene rings is 1. The van der Waals surface area contributed by atoms with Crippen molar-refractivity contribution < 1.29 is 22.4 Å². The Kier molecular flexibility index (Phi) is 4.97. The van der Waals surface area contributed by atoms with Gasteiger partial charge in [-0.05, 0) is 71.1 Å². The molecule has 1 radical (unpaired) electrons. The van der Waals surface area contributed by atoms with Crippen LogP contribution in [0.1, 0.15) is 21.5 Å². The first kappa shape index (κ1) is 21.2. The Morgan fingerprint density at radius 3 is 2.58 bits per heavy atom. The van der Waals surface area contributed by atoms with Crippen molar-refractivity contribution in [2.45, 2.75) is 12.7 Å². The second kappa shape index (κ2) is 7.74. The highest BCUT2D eigenvalue weighted by Gasteiger charge is 2.31. The zero-order chi connectivity index (χ0) is 23.3. The average molecular weight is 467 g/mol. The summed E-state index contributed by atoms with van der Waals surface area (Å²) in [5, 5.41) is 3.11. The molecule has 0 aliphatic heterocycles. The molecule has 3 aromatic carbocycles. The van der Waals surface area contributed by atoms with Crippen LogP contribution in [0.15, 0.2) is 66.0 Å². The largest absolute Gasteiger partial charge is 0.416 e. The molecule has 0 bridgehead atoms. The van der Waals surface area contributed by atoms with Gasteiger partial charge < -0.3 is 10.3 Å². The summed E-state index contributed by atoms with van der Waals surface area (Å²) in [6, 6.07) is 18.3. The molecule has 0 saturated carbocycles. The molecule has 2 N–H and O–H groups in total. The van der Waals surface area contributed by atoms with Crippen LogP contribution in [-0.4, -0.2) is 10.5 Å². The minimum atomic E-state index is -4.67. The van der Waals surface area contributed by atoms with Gasteiger partial charge in [-0.25, -0.2) is 4.39 Å². The second-order valence-corrected chi connectivity index (χ2v) is 8.57. The molecule has 0 fully saturated rings. The molecule has 5 rings (SSSR count). The molecule has 0 aliphatic rings. The Balaban J connectivity index is 1.78. The maximum atomic E-state index is 14.1. The Morgan fingerprint density at radius 1 is 1.06 bits per heavy atom. The quantitative estimate of drug-likeness (QED) is 0.297. The number of primary amides is 1. The van der Waals surface area contributed by atoms with E-state index in [9.17, 15) is 22.4 Å². The van der Waals surface area contributed by atoms with Crippen LogP contribution in [-0.2, 0) is 12.7 Å². The SMILES string of the molecule is NC(=O)c1cccc2c1c1[c]cc(-c3cccs3)cc1n2Cc1cc(F)cc(C(F)(F)F)c1. The van der Waals surface area contributed by atoms with Crippen LogP contribution in [0.25, 0.3) is 32.2 Å². The summed E-state index contributed by atoms with van der Waals surface area (Å²) < 4.78 is 55.6. The fourth-order valence-electron chi connectivity index (χ4n) is 4.10. The van der Waals surface area contributed by atoms with Crippen molar-refractivity contribution in [3.63, 3.8) is 0 Å². The third kappa shape index (κ3) is 3.76. The number of hydrogen-bond acceptors (Lipinski definition) is 2. The highest BCUT2D eigenvalue weighted by Crippen LogP contribution is 2.36. The van der Waals surface area contributed by atoms with Crippen LogP contribution in [0.4, 0.5) is 17.6 Å². The zero-order valence-corrected chi connectivity index (χ0v) is 17.7. The smallest absolute Gasteiger partial charge is 0.366 e. The fourth-order valence-corrected chi connectivity index (χ4v) is 4.82. The predicted octanol–water partition coefficient (Wildman–Crippen LogP) is 6.63. The van der Waals surface area contributed by atoms with Gasteiger partial charge >= 0.3 is 6.18 Å². The van der Waals surface area contributed by atoms with Crippen molar-refractivity contribution >= 4 is 39.0 Å². The van der Waals surface area contributed by atoms with Crippen molar-refractivity contribution in [3.8, 4) is 10.4 Å². The molecule has 0 spiro atoms. The monoisotopic (exact) mass is 467 g/mol. The van der Waals surface area contributed by atoms with Crippen molar-refractivity contribution in [2.75, 3.05) is 0 Å². The number of aromatic nitrogens is 1. The number of fused-ring (bicyclic) bond motifs is 3. The first-order valence-electron chi connectivity index (χ1n) is 9.89. The topological polar surface area (TPSA) is 48.0 Å². The van der Waals surface area contributed by atoms with E-state index in [-0.39, 0.29) is 17.7 Å². The minimum absolute atomic E-state index is 0.0369. The molecule has 2 aromatic heterocycles. The number of carbonyl (C=O) groups excluding carboxylic acids is 1. The Labute approximate surface area is 189 Å². The van der Waals surface area contributed by atoms with Crippen LogP contribution < -0.4 is 5.73 Å². The van der Waals surface area contributed by atoms with Gasteiger partial charge in [-0.3, -0.25) is 4.79 Å². The van der Waals surface area contributed by atoms with Gasteiger partial charge in [-0.15, -0.1) is 11.3 Å². The molecule has 3 nitrogen and oxygen atoms in total. The van der Waals surface area contributed by atoms with Crippen molar-refractivity contribution in [1.29, 1.82) is 0 Å². The lowest BCUT2D eigenvalue weighted by molar-refractivity contribution is -0.137. The van der Waals surface area contributed by atoms with E-state index in [1.807, 2.05) is 23.6 Å². The number of benzene rings is 3. The van der Waals surface area contributed by atoms with E-state index in [1.54, 1.807) is 28.8 Å². The van der Waals surface area contributed by atoms with Crippen LogP contribution >= 0.6 is 11.3 Å². The lowest BCUT2D eigenvalue weighted by Crippen LogP contribution is -2.11. The summed E-state index contributed by atoms with van der Waals surface area (Å²) in [5.74, 6) is -1.59. The number of alkyl halides is 3. The van der Waals surface area contributed by atoms with E-state index in [4.69, 9.17) is 5.73 Å². The van der Waals surface area contributed by atoms with E-state index in [1.165, 1.54) is 11.3 Å². The van der Waals surface area contributed by atoms with Gasteiger partial charge in [0.05, 0.1) is 16.6 Å². The predicted molar refractivity (Wildman–Crippen MR) is 121 cm³/mol. The first-order chi connectivity index (χ1) is 15.7. The van der Waals surface area contributed by atoms with E-state index in [0.717, 1.165) is 22.6 Å². The molecule has 2 heterocycles. The van der Waals surface area contributed by atoms with Crippen LogP contribution in [0.5, 0.6) is 0 Å². The highest BCUT2D eigenvalue weighted by molar-refractivity contribution is 7.13. The molecular formula is C25H15F4N2OS. The highest BCUT2D eigenvalue weighted by atomic mass is 32.1. The molecule has 0 aliphatic carbocycles. The summed E-state index contributed by atoms with van der Waals surface area (Å²) in [6.45, 7) is -0.0369. The van der Waals surface area contributed by atoms with E-state index < -0.39 is 23.5 Å². The molecule has 0 atom stereocenters. The second-order valence-electron chi connectivity index (χ2n) is 7.62. The van der Waals surface area contributed by atoms with Gasteiger partial charge in [0.15, 0.2) is 0 Å². The summed E-state index contributed by atoms with van der Waals surface area (Å²) in [7, 11) is 0. The number of hydrogen-bond donors (Lipinski definition) is 1. The van der Waals surface area contributed by atoms with Crippen LogP contribution in [0.3, 0.4) is 0 Å². The van der Waals surface area contributed by atoms with Crippen molar-refractivity contribution in [1.82, 2.24) is 4.57 Å². The van der Waals surface area contributed by atoms with Crippen LogP contribution in [0.2, 0.25) is 0 Å². The molecule has 0 saturated heterocycles. The Bertz CT molecular complexity index is 1520. The average Bonchev–Trinajstić information content (AvgIpc) is 3.40. The lowest BCUT2D eigenvalue weighted by Gasteiger charge is -2.12. The minimum Gasteiger partial charge on any atom is -0.366 e. The summed E-state index contributed by atoms with van der Waals surface area (Å²) in [6.07, 6.45) is -4.67. The summed E-state index contributed by atoms with van der Waals surface area (Å²) in [5.41, 5.74) is 7.09. The standard InChI is InChI=1S/C25H15F4N2OS/c26-17-10-14(9-16(12-17)25(27,28)29)13-31-20-4-1-3-19(24(30)32)23(20)18-7-6-15(11-21(18)31)22-5-2-8-33-22/h1-6,8-12H,13H2,(H2,30,32). The summed E-state index contributed by atoms with van der Waals surface area (Å²) in [4.78, 5) is 13.1. The first-order valence-corrected chi connectivity index (χ1v) is 10.8. The number of rotatable bonds is 4. The molecule has 1 amide bonds. The Hall–Kier alpha value is -3.65.